The predicted octanol–water partition coefficient (Wildman–Crippen LogP) is 2.90. The molecule has 1 aliphatic heterocycles. The van der Waals surface area contributed by atoms with Crippen LogP contribution in [0.5, 0.6) is 0 Å². The second kappa shape index (κ2) is 4.95. The van der Waals surface area contributed by atoms with Crippen molar-refractivity contribution in [1.82, 2.24) is 4.98 Å². The largest absolute Gasteiger partial charge is 0.345 e. The molecular weight excluding hydrogens is 220 g/mol. The zero-order valence-corrected chi connectivity index (χ0v) is 10.7. The van der Waals surface area contributed by atoms with E-state index in [1.54, 1.807) is 11.3 Å². The Morgan fingerprint density at radius 3 is 2.94 bits per heavy atom. The highest BCUT2D eigenvalue weighted by Gasteiger charge is 2.26. The summed E-state index contributed by atoms with van der Waals surface area (Å²) in [6.45, 7) is 5.36. The third-order valence-electron chi connectivity index (χ3n) is 3.25. The summed E-state index contributed by atoms with van der Waals surface area (Å²) in [7, 11) is 0. The number of thiazole rings is 1. The molecule has 3 nitrogen and oxygen atoms in total. The fourth-order valence-electron chi connectivity index (χ4n) is 2.33. The lowest BCUT2D eigenvalue weighted by Gasteiger charge is -2.22. The minimum Gasteiger partial charge on any atom is -0.345 e. The van der Waals surface area contributed by atoms with Gasteiger partial charge in [0.2, 0.25) is 0 Å². The molecule has 0 bridgehead atoms. The van der Waals surface area contributed by atoms with E-state index in [1.807, 2.05) is 6.92 Å². The third kappa shape index (κ3) is 1.98. The lowest BCUT2D eigenvalue weighted by atomic mass is 10.2. The van der Waals surface area contributed by atoms with Crippen molar-refractivity contribution in [3.63, 3.8) is 0 Å². The van der Waals surface area contributed by atoms with Gasteiger partial charge in [-0.3, -0.25) is 4.79 Å². The number of aldehydes is 1. The van der Waals surface area contributed by atoms with Gasteiger partial charge in [-0.05, 0) is 25.7 Å². The van der Waals surface area contributed by atoms with Crippen molar-refractivity contribution in [2.45, 2.75) is 45.6 Å². The Hall–Kier alpha value is -0.900. The van der Waals surface area contributed by atoms with Crippen LogP contribution in [-0.4, -0.2) is 23.9 Å². The molecule has 88 valence electrons. The first-order valence-corrected chi connectivity index (χ1v) is 6.83. The summed E-state index contributed by atoms with van der Waals surface area (Å²) >= 11 is 1.55. The quantitative estimate of drug-likeness (QED) is 0.756. The van der Waals surface area contributed by atoms with E-state index in [4.69, 9.17) is 0 Å². The molecule has 0 N–H and O–H groups in total. The monoisotopic (exact) mass is 238 g/mol. The highest BCUT2D eigenvalue weighted by molar-refractivity contribution is 7.17. The number of nitrogens with zero attached hydrogens (tertiary/aromatic N) is 2. The van der Waals surface area contributed by atoms with Crippen molar-refractivity contribution >= 4 is 22.8 Å². The topological polar surface area (TPSA) is 33.2 Å². The molecule has 0 aromatic carbocycles. The number of rotatable bonds is 4. The van der Waals surface area contributed by atoms with Crippen molar-refractivity contribution in [3.8, 4) is 0 Å². The Balaban J connectivity index is 2.26. The Morgan fingerprint density at radius 2 is 2.38 bits per heavy atom. The van der Waals surface area contributed by atoms with Gasteiger partial charge in [-0.1, -0.05) is 25.2 Å². The highest BCUT2D eigenvalue weighted by atomic mass is 32.1. The molecule has 1 atom stereocenters. The molecule has 1 aliphatic rings. The molecular formula is C12H18N2OS. The van der Waals surface area contributed by atoms with Gasteiger partial charge in [0.1, 0.15) is 0 Å². The Morgan fingerprint density at radius 1 is 1.56 bits per heavy atom. The van der Waals surface area contributed by atoms with E-state index < -0.39 is 0 Å². The minimum atomic E-state index is 0.621. The first-order valence-electron chi connectivity index (χ1n) is 6.01. The van der Waals surface area contributed by atoms with Gasteiger partial charge in [0, 0.05) is 12.6 Å². The lowest BCUT2D eigenvalue weighted by Crippen LogP contribution is -2.28. The Kier molecular flexibility index (Phi) is 3.59. The van der Waals surface area contributed by atoms with Crippen LogP contribution >= 0.6 is 11.3 Å². The molecule has 2 heterocycles. The van der Waals surface area contributed by atoms with Crippen molar-refractivity contribution < 1.29 is 4.79 Å². The summed E-state index contributed by atoms with van der Waals surface area (Å²) in [5, 5.41) is 1.04. The maximum absolute atomic E-state index is 10.9. The number of aryl methyl sites for hydroxylation is 1. The summed E-state index contributed by atoms with van der Waals surface area (Å²) in [6, 6.07) is 0.621. The fourth-order valence-corrected chi connectivity index (χ4v) is 3.40. The number of hydrogen-bond acceptors (Lipinski definition) is 4. The van der Waals surface area contributed by atoms with Crippen LogP contribution < -0.4 is 4.90 Å². The number of anilines is 1. The van der Waals surface area contributed by atoms with Crippen LogP contribution in [0, 0.1) is 0 Å². The standard InChI is InChI=1S/C12H18N2OS/c1-3-9-6-5-7-14(9)12-13-10(4-2)11(8-15)16-12/h8-9H,3-7H2,1-2H3. The van der Waals surface area contributed by atoms with E-state index in [2.05, 4.69) is 16.8 Å². The molecule has 0 radical (unpaired) electrons. The zero-order valence-electron chi connectivity index (χ0n) is 9.90. The summed E-state index contributed by atoms with van der Waals surface area (Å²) in [6.07, 6.45) is 5.45. The van der Waals surface area contributed by atoms with E-state index in [1.165, 1.54) is 12.8 Å². The van der Waals surface area contributed by atoms with Crippen LogP contribution in [0.3, 0.4) is 0 Å². The van der Waals surface area contributed by atoms with Gasteiger partial charge >= 0.3 is 0 Å². The Bertz CT molecular complexity index is 375. The summed E-state index contributed by atoms with van der Waals surface area (Å²) in [5.41, 5.74) is 0.955. The predicted molar refractivity (Wildman–Crippen MR) is 67.5 cm³/mol. The van der Waals surface area contributed by atoms with E-state index in [0.29, 0.717) is 6.04 Å². The smallest absolute Gasteiger partial charge is 0.186 e. The van der Waals surface area contributed by atoms with E-state index >= 15 is 0 Å². The molecule has 0 aliphatic carbocycles. The van der Waals surface area contributed by atoms with Crippen LogP contribution in [0.15, 0.2) is 0 Å². The van der Waals surface area contributed by atoms with Crippen LogP contribution in [-0.2, 0) is 6.42 Å². The maximum atomic E-state index is 10.9. The van der Waals surface area contributed by atoms with Gasteiger partial charge in [0.15, 0.2) is 11.4 Å². The van der Waals surface area contributed by atoms with Gasteiger partial charge in [0.25, 0.3) is 0 Å². The lowest BCUT2D eigenvalue weighted by molar-refractivity contribution is 0.112. The van der Waals surface area contributed by atoms with Gasteiger partial charge in [-0.15, -0.1) is 0 Å². The van der Waals surface area contributed by atoms with Gasteiger partial charge < -0.3 is 4.90 Å². The highest BCUT2D eigenvalue weighted by Crippen LogP contribution is 2.32. The Labute approximate surface area is 100 Å². The molecule has 1 saturated heterocycles. The van der Waals surface area contributed by atoms with Crippen molar-refractivity contribution in [3.05, 3.63) is 10.6 Å². The molecule has 2 rings (SSSR count). The zero-order chi connectivity index (χ0) is 11.5. The summed E-state index contributed by atoms with van der Waals surface area (Å²) < 4.78 is 0. The molecule has 1 fully saturated rings. The van der Waals surface area contributed by atoms with Gasteiger partial charge in [-0.25, -0.2) is 4.98 Å². The maximum Gasteiger partial charge on any atom is 0.186 e. The van der Waals surface area contributed by atoms with E-state index in [0.717, 1.165) is 41.4 Å². The van der Waals surface area contributed by atoms with E-state index in [-0.39, 0.29) is 0 Å². The van der Waals surface area contributed by atoms with Crippen LogP contribution in [0.2, 0.25) is 0 Å². The van der Waals surface area contributed by atoms with E-state index in [9.17, 15) is 4.79 Å². The molecule has 0 amide bonds. The van der Waals surface area contributed by atoms with Crippen LogP contribution in [0.25, 0.3) is 0 Å². The number of carbonyl (C=O) groups excluding carboxylic acids is 1. The molecule has 4 heteroatoms. The molecule has 1 aromatic heterocycles. The minimum absolute atomic E-state index is 0.621. The molecule has 16 heavy (non-hydrogen) atoms. The average molecular weight is 238 g/mol. The normalized spacial score (nSPS) is 20.4. The molecule has 1 unspecified atom stereocenters. The first-order chi connectivity index (χ1) is 7.80. The van der Waals surface area contributed by atoms with Gasteiger partial charge in [0.05, 0.1) is 10.6 Å². The fraction of sp³-hybridized carbons (Fsp3) is 0.667. The van der Waals surface area contributed by atoms with Crippen molar-refractivity contribution in [2.24, 2.45) is 0 Å². The van der Waals surface area contributed by atoms with Crippen molar-refractivity contribution in [1.29, 1.82) is 0 Å². The number of aromatic nitrogens is 1. The SMILES string of the molecule is CCc1nc(N2CCCC2CC)sc1C=O. The second-order valence-electron chi connectivity index (χ2n) is 4.18. The number of hydrogen-bond donors (Lipinski definition) is 0. The summed E-state index contributed by atoms with van der Waals surface area (Å²) in [5.74, 6) is 0. The van der Waals surface area contributed by atoms with Gasteiger partial charge in [-0.2, -0.15) is 0 Å². The number of carbonyl (C=O) groups is 1. The average Bonchev–Trinajstić information content (AvgIpc) is 2.93. The first kappa shape index (κ1) is 11.6. The molecule has 0 spiro atoms. The van der Waals surface area contributed by atoms with Crippen molar-refractivity contribution in [2.75, 3.05) is 11.4 Å². The summed E-state index contributed by atoms with van der Waals surface area (Å²) in [4.78, 5) is 18.7. The third-order valence-corrected chi connectivity index (χ3v) is 4.31. The second-order valence-corrected chi connectivity index (χ2v) is 5.19. The molecule has 0 saturated carbocycles. The van der Waals surface area contributed by atoms with Crippen LogP contribution in [0.4, 0.5) is 5.13 Å². The van der Waals surface area contributed by atoms with Crippen LogP contribution in [0.1, 0.15) is 48.5 Å². The molecule has 1 aromatic rings.